The minimum atomic E-state index is -6.57. The van der Waals surface area contributed by atoms with Gasteiger partial charge in [0.2, 0.25) is 0 Å². The second-order valence-corrected chi connectivity index (χ2v) is 9.18. The first-order valence-corrected chi connectivity index (χ1v) is 11.6. The molecular formula is C22H13BrF9N5O4. The molecule has 0 spiro atoms. The molecule has 1 saturated carbocycles. The number of halogens is 10. The van der Waals surface area contributed by atoms with Crippen LogP contribution < -0.4 is 20.7 Å². The van der Waals surface area contributed by atoms with Crippen molar-refractivity contribution in [2.75, 3.05) is 10.6 Å². The molecule has 220 valence electrons. The fraction of sp³-hybridized carbons (Fsp3) is 0.318. The van der Waals surface area contributed by atoms with Gasteiger partial charge in [-0.1, -0.05) is 6.07 Å². The van der Waals surface area contributed by atoms with Crippen molar-refractivity contribution in [1.82, 2.24) is 10.3 Å². The number of carbonyl (C=O) groups excluding carboxylic acids is 3. The van der Waals surface area contributed by atoms with E-state index in [1.807, 2.05) is 16.7 Å². The number of amides is 3. The van der Waals surface area contributed by atoms with Gasteiger partial charge in [0.05, 0.1) is 11.8 Å². The molecule has 3 N–H and O–H groups in total. The number of pyridine rings is 1. The maximum Gasteiger partial charge on any atom is 0.435 e. The van der Waals surface area contributed by atoms with Crippen molar-refractivity contribution in [1.29, 1.82) is 5.26 Å². The standard InChI is InChI=1S/C22H13BrF9N5O4/c23-10-6-9(20(26,21(27,28)29)22(30,31)32)7-12(41-18(24)25)14(10)36-15(38)11-2-1-3-13(34-11)35-16(39)17(40)37-19(8-33)4-5-19/h1-3,6-7,18H,4-5H2,(H,36,38)(H,37,40)(H,34,35,39). The number of anilines is 2. The van der Waals surface area contributed by atoms with E-state index in [9.17, 15) is 53.9 Å². The van der Waals surface area contributed by atoms with Crippen molar-refractivity contribution in [3.8, 4) is 11.8 Å². The first kappa shape index (κ1) is 31.4. The summed E-state index contributed by atoms with van der Waals surface area (Å²) >= 11 is 2.53. The van der Waals surface area contributed by atoms with Crippen LogP contribution in [0.2, 0.25) is 0 Å². The lowest BCUT2D eigenvalue weighted by atomic mass is 9.93. The van der Waals surface area contributed by atoms with E-state index in [1.165, 1.54) is 0 Å². The number of nitrogens with one attached hydrogen (secondary N) is 3. The van der Waals surface area contributed by atoms with E-state index in [4.69, 9.17) is 5.26 Å². The number of alkyl halides is 9. The van der Waals surface area contributed by atoms with Crippen molar-refractivity contribution in [3.05, 3.63) is 46.1 Å². The molecule has 3 rings (SSSR count). The van der Waals surface area contributed by atoms with Crippen LogP contribution in [0.5, 0.6) is 5.75 Å². The fourth-order valence-electron chi connectivity index (χ4n) is 3.22. The third kappa shape index (κ3) is 6.64. The molecule has 1 aliphatic rings. The maximum absolute atomic E-state index is 14.5. The summed E-state index contributed by atoms with van der Waals surface area (Å²) in [5.41, 5.74) is -10.9. The second-order valence-electron chi connectivity index (χ2n) is 8.33. The zero-order valence-electron chi connectivity index (χ0n) is 19.7. The lowest BCUT2D eigenvalue weighted by Gasteiger charge is -2.31. The van der Waals surface area contributed by atoms with Crippen LogP contribution in [0.15, 0.2) is 34.8 Å². The second kappa shape index (κ2) is 11.1. The number of benzene rings is 1. The molecule has 41 heavy (non-hydrogen) atoms. The van der Waals surface area contributed by atoms with Crippen LogP contribution in [0.3, 0.4) is 0 Å². The largest absolute Gasteiger partial charge is 0.435 e. The summed E-state index contributed by atoms with van der Waals surface area (Å²) in [6.45, 7) is -3.84. The van der Waals surface area contributed by atoms with Gasteiger partial charge < -0.3 is 20.7 Å². The summed E-state index contributed by atoms with van der Waals surface area (Å²) in [4.78, 5) is 40.5. The number of ether oxygens (including phenoxy) is 1. The number of aromatic nitrogens is 1. The smallest absolute Gasteiger partial charge is 0.433 e. The van der Waals surface area contributed by atoms with Gasteiger partial charge in [-0.2, -0.15) is 40.4 Å². The van der Waals surface area contributed by atoms with Crippen LogP contribution in [-0.4, -0.2) is 47.2 Å². The first-order valence-electron chi connectivity index (χ1n) is 10.8. The topological polar surface area (TPSA) is 133 Å². The Morgan fingerprint density at radius 2 is 1.61 bits per heavy atom. The van der Waals surface area contributed by atoms with E-state index in [-0.39, 0.29) is 12.1 Å². The van der Waals surface area contributed by atoms with Crippen molar-refractivity contribution >= 4 is 45.2 Å². The van der Waals surface area contributed by atoms with Gasteiger partial charge in [-0.05, 0) is 53.0 Å². The summed E-state index contributed by atoms with van der Waals surface area (Å²) < 4.78 is 123. The Hall–Kier alpha value is -4.08. The zero-order valence-corrected chi connectivity index (χ0v) is 21.3. The molecule has 0 bridgehead atoms. The summed E-state index contributed by atoms with van der Waals surface area (Å²) in [6, 6.07) is 4.73. The van der Waals surface area contributed by atoms with Crippen LogP contribution in [0.4, 0.5) is 51.0 Å². The van der Waals surface area contributed by atoms with Gasteiger partial charge in [0, 0.05) is 10.0 Å². The first-order chi connectivity index (χ1) is 18.8. The molecule has 0 saturated heterocycles. The van der Waals surface area contributed by atoms with Crippen molar-refractivity contribution in [2.45, 2.75) is 43.0 Å². The van der Waals surface area contributed by atoms with E-state index >= 15 is 0 Å². The van der Waals surface area contributed by atoms with Crippen LogP contribution in [-0.2, 0) is 15.3 Å². The molecule has 1 aliphatic carbocycles. The molecule has 1 fully saturated rings. The van der Waals surface area contributed by atoms with Crippen LogP contribution in [0.25, 0.3) is 0 Å². The molecule has 1 heterocycles. The Bertz CT molecular complexity index is 1410. The molecule has 19 heteroatoms. The molecule has 2 aromatic rings. The minimum Gasteiger partial charge on any atom is -0.433 e. The number of nitriles is 1. The van der Waals surface area contributed by atoms with Crippen molar-refractivity contribution in [3.63, 3.8) is 0 Å². The Labute approximate surface area is 231 Å². The van der Waals surface area contributed by atoms with Gasteiger partial charge in [0.25, 0.3) is 5.91 Å². The molecule has 9 nitrogen and oxygen atoms in total. The summed E-state index contributed by atoms with van der Waals surface area (Å²) in [5.74, 6) is -5.64. The predicted molar refractivity (Wildman–Crippen MR) is 122 cm³/mol. The Kier molecular flexibility index (Phi) is 8.49. The van der Waals surface area contributed by atoms with Gasteiger partial charge in [-0.25, -0.2) is 9.37 Å². The molecule has 0 radical (unpaired) electrons. The molecule has 0 unspecified atom stereocenters. The van der Waals surface area contributed by atoms with E-state index < -0.39 is 80.9 Å². The molecule has 0 atom stereocenters. The number of nitrogens with zero attached hydrogens (tertiary/aromatic N) is 2. The maximum atomic E-state index is 14.5. The van der Waals surface area contributed by atoms with Crippen LogP contribution in [0, 0.1) is 11.3 Å². The van der Waals surface area contributed by atoms with E-state index in [0.29, 0.717) is 12.8 Å². The SMILES string of the molecule is N#CC1(NC(=O)C(=O)Nc2cccc(C(=O)Nc3c(Br)cc(C(F)(C(F)(F)F)C(F)(F)F)cc3OC(F)F)n2)CC1. The van der Waals surface area contributed by atoms with Crippen molar-refractivity contribution < 1.29 is 58.6 Å². The van der Waals surface area contributed by atoms with Gasteiger partial charge in [-0.15, -0.1) is 0 Å². The van der Waals surface area contributed by atoms with Crippen LogP contribution in [0.1, 0.15) is 28.9 Å². The summed E-state index contributed by atoms with van der Waals surface area (Å²) in [7, 11) is 0. The Balaban J connectivity index is 1.90. The Morgan fingerprint density at radius 1 is 1.00 bits per heavy atom. The highest BCUT2D eigenvalue weighted by atomic mass is 79.9. The monoisotopic (exact) mass is 661 g/mol. The lowest BCUT2D eigenvalue weighted by molar-refractivity contribution is -0.348. The van der Waals surface area contributed by atoms with Gasteiger partial charge in [0.15, 0.2) is 5.75 Å². The molecule has 1 aromatic heterocycles. The third-order valence-corrected chi connectivity index (χ3v) is 6.06. The summed E-state index contributed by atoms with van der Waals surface area (Å²) in [6.07, 6.45) is -12.5. The lowest BCUT2D eigenvalue weighted by Crippen LogP contribution is -2.50. The molecule has 3 amide bonds. The highest BCUT2D eigenvalue weighted by Crippen LogP contribution is 2.55. The highest BCUT2D eigenvalue weighted by Gasteiger charge is 2.73. The number of hydrogen-bond donors (Lipinski definition) is 3. The number of carbonyl (C=O) groups is 3. The van der Waals surface area contributed by atoms with Gasteiger partial charge >= 0.3 is 36.4 Å². The average molecular weight is 662 g/mol. The average Bonchev–Trinajstić information content (AvgIpc) is 3.63. The predicted octanol–water partition coefficient (Wildman–Crippen LogP) is 5.10. The summed E-state index contributed by atoms with van der Waals surface area (Å²) in [5, 5.41) is 15.1. The highest BCUT2D eigenvalue weighted by molar-refractivity contribution is 9.10. The van der Waals surface area contributed by atoms with Crippen molar-refractivity contribution in [2.24, 2.45) is 0 Å². The van der Waals surface area contributed by atoms with E-state index in [0.717, 1.165) is 18.2 Å². The number of hydrogen-bond acceptors (Lipinski definition) is 6. The van der Waals surface area contributed by atoms with E-state index in [2.05, 4.69) is 31.0 Å². The van der Waals surface area contributed by atoms with E-state index in [1.54, 1.807) is 0 Å². The van der Waals surface area contributed by atoms with Crippen LogP contribution >= 0.6 is 15.9 Å². The Morgan fingerprint density at radius 3 is 2.12 bits per heavy atom. The fourth-order valence-corrected chi connectivity index (χ4v) is 3.77. The normalized spacial score (nSPS) is 14.6. The molecular weight excluding hydrogens is 649 g/mol. The molecule has 1 aromatic carbocycles. The number of rotatable bonds is 7. The van der Waals surface area contributed by atoms with Gasteiger partial charge in [-0.3, -0.25) is 14.4 Å². The zero-order chi connectivity index (χ0) is 31.0. The quantitative estimate of drug-likeness (QED) is 0.279. The minimum absolute atomic E-state index is 0.0362. The third-order valence-electron chi connectivity index (χ3n) is 5.43. The van der Waals surface area contributed by atoms with Gasteiger partial charge in [0.1, 0.15) is 17.1 Å². The molecule has 0 aliphatic heterocycles.